The molecule has 8 heteroatoms. The smallest absolute Gasteiger partial charge is 0.333 e. The molecule has 2 aromatic rings. The van der Waals surface area contributed by atoms with Crippen LogP contribution in [-0.2, 0) is 9.63 Å². The van der Waals surface area contributed by atoms with Crippen molar-refractivity contribution in [2.24, 2.45) is 0 Å². The van der Waals surface area contributed by atoms with Crippen LogP contribution in [0.25, 0.3) is 0 Å². The molecule has 1 N–H and O–H groups in total. The summed E-state index contributed by atoms with van der Waals surface area (Å²) in [7, 11) is 0. The quantitative estimate of drug-likeness (QED) is 0.608. The van der Waals surface area contributed by atoms with Gasteiger partial charge in [-0.05, 0) is 42.8 Å². The summed E-state index contributed by atoms with van der Waals surface area (Å²) in [4.78, 5) is 52.9. The van der Waals surface area contributed by atoms with Crippen LogP contribution < -0.4 is 5.32 Å². The predicted molar refractivity (Wildman–Crippen MR) is 96.1 cm³/mol. The summed E-state index contributed by atoms with van der Waals surface area (Å²) < 4.78 is 0. The molecule has 0 unspecified atom stereocenters. The van der Waals surface area contributed by atoms with Gasteiger partial charge in [0.2, 0.25) is 0 Å². The van der Waals surface area contributed by atoms with E-state index >= 15 is 0 Å². The second kappa shape index (κ2) is 8.01. The summed E-state index contributed by atoms with van der Waals surface area (Å²) >= 11 is 5.76. The van der Waals surface area contributed by atoms with Gasteiger partial charge in [-0.15, -0.1) is 0 Å². The highest BCUT2D eigenvalue weighted by Gasteiger charge is 2.38. The number of halogens is 1. The van der Waals surface area contributed by atoms with Crippen LogP contribution in [0.5, 0.6) is 0 Å². The van der Waals surface area contributed by atoms with E-state index in [1.165, 1.54) is 12.1 Å². The summed E-state index contributed by atoms with van der Waals surface area (Å²) in [6.45, 7) is 0.235. The van der Waals surface area contributed by atoms with Crippen molar-refractivity contribution in [1.29, 1.82) is 0 Å². The van der Waals surface area contributed by atoms with Crippen molar-refractivity contribution >= 4 is 35.3 Å². The fourth-order valence-corrected chi connectivity index (χ4v) is 2.66. The number of hydrogen-bond acceptors (Lipinski definition) is 5. The predicted octanol–water partition coefficient (Wildman–Crippen LogP) is 2.60. The molecule has 1 aliphatic rings. The molecule has 0 saturated carbocycles. The zero-order chi connectivity index (χ0) is 19.4. The average Bonchev–Trinajstić information content (AvgIpc) is 2.91. The Kier molecular flexibility index (Phi) is 5.52. The molecule has 3 rings (SSSR count). The van der Waals surface area contributed by atoms with E-state index in [-0.39, 0.29) is 30.0 Å². The molecule has 0 spiro atoms. The van der Waals surface area contributed by atoms with Crippen LogP contribution in [0.1, 0.15) is 43.9 Å². The molecular formula is C19H15ClN2O5. The molecule has 0 fully saturated rings. The van der Waals surface area contributed by atoms with Crippen molar-refractivity contribution in [3.05, 3.63) is 70.2 Å². The van der Waals surface area contributed by atoms with Gasteiger partial charge < -0.3 is 10.2 Å². The highest BCUT2D eigenvalue weighted by atomic mass is 35.5. The van der Waals surface area contributed by atoms with E-state index in [0.717, 1.165) is 0 Å². The molecule has 3 amide bonds. The minimum atomic E-state index is -0.731. The van der Waals surface area contributed by atoms with Crippen LogP contribution in [-0.4, -0.2) is 35.3 Å². The van der Waals surface area contributed by atoms with Gasteiger partial charge in [0.05, 0.1) is 11.1 Å². The number of hydroxylamine groups is 2. The molecule has 1 aliphatic heterocycles. The maximum Gasteiger partial charge on any atom is 0.333 e. The largest absolute Gasteiger partial charge is 0.352 e. The molecular weight excluding hydrogens is 372 g/mol. The Morgan fingerprint density at radius 2 is 1.56 bits per heavy atom. The van der Waals surface area contributed by atoms with Gasteiger partial charge in [-0.1, -0.05) is 28.8 Å². The molecule has 0 atom stereocenters. The number of carbonyl (C=O) groups is 4. The lowest BCUT2D eigenvalue weighted by Crippen LogP contribution is -2.33. The average molecular weight is 387 g/mol. The lowest BCUT2D eigenvalue weighted by molar-refractivity contribution is -0.168. The number of carbonyl (C=O) groups excluding carboxylic acids is 4. The molecule has 1 heterocycles. The number of rotatable bonds is 6. The fourth-order valence-electron chi connectivity index (χ4n) is 2.54. The van der Waals surface area contributed by atoms with Gasteiger partial charge in [0.25, 0.3) is 17.7 Å². The van der Waals surface area contributed by atoms with E-state index < -0.39 is 17.8 Å². The lowest BCUT2D eigenvalue weighted by atomic mass is 10.1. The topological polar surface area (TPSA) is 92.8 Å². The number of hydrogen-bond donors (Lipinski definition) is 1. The molecule has 0 aromatic heterocycles. The molecule has 0 bridgehead atoms. The number of imide groups is 1. The van der Waals surface area contributed by atoms with Crippen molar-refractivity contribution in [3.63, 3.8) is 0 Å². The minimum Gasteiger partial charge on any atom is -0.352 e. The Hall–Kier alpha value is -3.19. The number of fused-ring (bicyclic) bond motifs is 1. The van der Waals surface area contributed by atoms with Crippen LogP contribution in [0.15, 0.2) is 48.5 Å². The Morgan fingerprint density at radius 3 is 2.15 bits per heavy atom. The van der Waals surface area contributed by atoms with Gasteiger partial charge in [0.1, 0.15) is 0 Å². The normalized spacial score (nSPS) is 12.7. The monoisotopic (exact) mass is 386 g/mol. The number of nitrogens with zero attached hydrogens (tertiary/aromatic N) is 1. The van der Waals surface area contributed by atoms with Gasteiger partial charge in [-0.25, -0.2) is 4.79 Å². The first-order valence-corrected chi connectivity index (χ1v) is 8.57. The van der Waals surface area contributed by atoms with E-state index in [1.54, 1.807) is 36.4 Å². The van der Waals surface area contributed by atoms with E-state index in [2.05, 4.69) is 5.32 Å². The molecule has 0 aliphatic carbocycles. The Balaban J connectivity index is 1.44. The lowest BCUT2D eigenvalue weighted by Gasteiger charge is -2.12. The fraction of sp³-hybridized carbons (Fsp3) is 0.158. The number of nitrogens with one attached hydrogen (secondary N) is 1. The third kappa shape index (κ3) is 4.15. The van der Waals surface area contributed by atoms with Crippen molar-refractivity contribution in [2.45, 2.75) is 12.8 Å². The highest BCUT2D eigenvalue weighted by Crippen LogP contribution is 2.22. The van der Waals surface area contributed by atoms with Crippen molar-refractivity contribution < 1.29 is 24.0 Å². The molecule has 2 aromatic carbocycles. The third-order valence-electron chi connectivity index (χ3n) is 3.90. The summed E-state index contributed by atoms with van der Waals surface area (Å²) in [5.74, 6) is -2.36. The first kappa shape index (κ1) is 18.6. The van der Waals surface area contributed by atoms with Gasteiger partial charge in [-0.2, -0.15) is 0 Å². The number of benzene rings is 2. The summed E-state index contributed by atoms with van der Waals surface area (Å²) in [5.41, 5.74) is 0.851. The molecule has 27 heavy (non-hydrogen) atoms. The molecule has 0 radical (unpaired) electrons. The zero-order valence-corrected chi connectivity index (χ0v) is 14.9. The van der Waals surface area contributed by atoms with E-state index in [0.29, 0.717) is 22.1 Å². The SMILES string of the molecule is O=C(CCCNC(=O)c1ccc(Cl)cc1)ON1C(=O)c2ccccc2C1=O. The maximum absolute atomic E-state index is 12.1. The third-order valence-corrected chi connectivity index (χ3v) is 4.15. The second-order valence-electron chi connectivity index (χ2n) is 5.78. The Labute approximate surface area is 159 Å². The van der Waals surface area contributed by atoms with E-state index in [4.69, 9.17) is 16.4 Å². The van der Waals surface area contributed by atoms with Crippen LogP contribution in [0, 0.1) is 0 Å². The molecule has 138 valence electrons. The van der Waals surface area contributed by atoms with Gasteiger partial charge in [0.15, 0.2) is 0 Å². The van der Waals surface area contributed by atoms with Crippen molar-refractivity contribution in [1.82, 2.24) is 10.4 Å². The Bertz CT molecular complexity index is 876. The van der Waals surface area contributed by atoms with Gasteiger partial charge >= 0.3 is 5.97 Å². The van der Waals surface area contributed by atoms with Crippen molar-refractivity contribution in [3.8, 4) is 0 Å². The highest BCUT2D eigenvalue weighted by molar-refractivity contribution is 6.30. The number of amides is 3. The molecule has 0 saturated heterocycles. The van der Waals surface area contributed by atoms with Crippen LogP contribution >= 0.6 is 11.6 Å². The minimum absolute atomic E-state index is 0.0612. The van der Waals surface area contributed by atoms with Gasteiger partial charge in [0, 0.05) is 23.6 Å². The Morgan fingerprint density at radius 1 is 0.963 bits per heavy atom. The standard InChI is InChI=1S/C19H15ClN2O5/c20-13-9-7-12(8-10-13)17(24)21-11-3-6-16(23)27-22-18(25)14-4-1-2-5-15(14)19(22)26/h1-2,4-5,7-10H,3,6,11H2,(H,21,24). The summed E-state index contributed by atoms with van der Waals surface area (Å²) in [6, 6.07) is 12.6. The summed E-state index contributed by atoms with van der Waals surface area (Å²) in [5, 5.41) is 3.66. The second-order valence-corrected chi connectivity index (χ2v) is 6.22. The van der Waals surface area contributed by atoms with E-state index in [9.17, 15) is 19.2 Å². The van der Waals surface area contributed by atoms with Gasteiger partial charge in [-0.3, -0.25) is 14.4 Å². The van der Waals surface area contributed by atoms with Crippen LogP contribution in [0.2, 0.25) is 5.02 Å². The van der Waals surface area contributed by atoms with E-state index in [1.807, 2.05) is 0 Å². The summed E-state index contributed by atoms with van der Waals surface area (Å²) in [6.07, 6.45) is 0.232. The first-order valence-electron chi connectivity index (χ1n) is 8.20. The first-order chi connectivity index (χ1) is 13.0. The molecule has 7 nitrogen and oxygen atoms in total. The van der Waals surface area contributed by atoms with Crippen LogP contribution in [0.4, 0.5) is 0 Å². The van der Waals surface area contributed by atoms with Crippen LogP contribution in [0.3, 0.4) is 0 Å². The van der Waals surface area contributed by atoms with Crippen molar-refractivity contribution in [2.75, 3.05) is 6.54 Å². The maximum atomic E-state index is 12.1. The zero-order valence-electron chi connectivity index (χ0n) is 14.1.